The molecule has 0 saturated heterocycles. The fraction of sp³-hybridized carbons (Fsp3) is 0.167. The first-order chi connectivity index (χ1) is 7.74. The van der Waals surface area contributed by atoms with Crippen molar-refractivity contribution in [3.05, 3.63) is 46.4 Å². The van der Waals surface area contributed by atoms with Crippen molar-refractivity contribution in [2.24, 2.45) is 0 Å². The Bertz CT molecular complexity index is 479. The lowest BCUT2D eigenvalue weighted by Crippen LogP contribution is -2.14. The Labute approximate surface area is 98.2 Å². The number of amides is 1. The van der Waals surface area contributed by atoms with Gasteiger partial charge in [-0.3, -0.25) is 4.79 Å². The predicted molar refractivity (Wildman–Crippen MR) is 65.6 cm³/mol. The quantitative estimate of drug-likeness (QED) is 0.884. The smallest absolute Gasteiger partial charge is 0.231 e. The third-order valence-electron chi connectivity index (χ3n) is 2.04. The highest BCUT2D eigenvalue weighted by Gasteiger charge is 2.06. The van der Waals surface area contributed by atoms with Crippen LogP contribution >= 0.6 is 11.3 Å². The zero-order chi connectivity index (χ0) is 11.4. The molecule has 3 nitrogen and oxygen atoms in total. The molecule has 0 atom stereocenters. The molecule has 2 aromatic rings. The number of aryl methyl sites for hydroxylation is 1. The number of carbonyl (C=O) groups excluding carboxylic acids is 1. The van der Waals surface area contributed by atoms with Crippen LogP contribution in [0.25, 0.3) is 0 Å². The summed E-state index contributed by atoms with van der Waals surface area (Å²) in [6.07, 6.45) is 0.341. The summed E-state index contributed by atoms with van der Waals surface area (Å²) >= 11 is 1.52. The SMILES string of the molecule is Cc1csc(CC(=O)Nc2ccccc2)n1. The zero-order valence-electron chi connectivity index (χ0n) is 8.93. The summed E-state index contributed by atoms with van der Waals surface area (Å²) in [7, 11) is 0. The molecule has 0 saturated carbocycles. The first-order valence-electron chi connectivity index (χ1n) is 5.00. The number of nitrogens with zero attached hydrogens (tertiary/aromatic N) is 1. The Morgan fingerprint density at radius 1 is 1.38 bits per heavy atom. The van der Waals surface area contributed by atoms with Crippen molar-refractivity contribution >= 4 is 22.9 Å². The van der Waals surface area contributed by atoms with Crippen molar-refractivity contribution in [1.82, 2.24) is 4.98 Å². The van der Waals surface area contributed by atoms with Gasteiger partial charge in [-0.1, -0.05) is 18.2 Å². The largest absolute Gasteiger partial charge is 0.326 e. The second kappa shape index (κ2) is 4.90. The average Bonchev–Trinajstić information content (AvgIpc) is 2.65. The highest BCUT2D eigenvalue weighted by Crippen LogP contribution is 2.11. The number of hydrogen-bond donors (Lipinski definition) is 1. The first-order valence-corrected chi connectivity index (χ1v) is 5.88. The van der Waals surface area contributed by atoms with Crippen LogP contribution in [0, 0.1) is 6.92 Å². The van der Waals surface area contributed by atoms with Gasteiger partial charge in [0.15, 0.2) is 0 Å². The number of carbonyl (C=O) groups is 1. The maximum absolute atomic E-state index is 11.6. The van der Waals surface area contributed by atoms with E-state index in [1.807, 2.05) is 42.6 Å². The van der Waals surface area contributed by atoms with E-state index in [4.69, 9.17) is 0 Å². The van der Waals surface area contributed by atoms with Crippen LogP contribution in [0.2, 0.25) is 0 Å². The van der Waals surface area contributed by atoms with E-state index in [1.54, 1.807) is 0 Å². The molecule has 1 heterocycles. The van der Waals surface area contributed by atoms with Crippen molar-refractivity contribution in [2.75, 3.05) is 5.32 Å². The molecule has 0 aliphatic carbocycles. The van der Waals surface area contributed by atoms with E-state index < -0.39 is 0 Å². The molecule has 0 spiro atoms. The maximum Gasteiger partial charge on any atom is 0.231 e. The van der Waals surface area contributed by atoms with E-state index in [0.29, 0.717) is 6.42 Å². The predicted octanol–water partition coefficient (Wildman–Crippen LogP) is 2.63. The van der Waals surface area contributed by atoms with Gasteiger partial charge in [0.2, 0.25) is 5.91 Å². The first kappa shape index (κ1) is 10.8. The van der Waals surface area contributed by atoms with E-state index in [1.165, 1.54) is 11.3 Å². The second-order valence-electron chi connectivity index (χ2n) is 3.47. The molecule has 0 radical (unpaired) electrons. The molecule has 2 rings (SSSR count). The minimum atomic E-state index is -0.0273. The summed E-state index contributed by atoms with van der Waals surface area (Å²) in [6, 6.07) is 9.43. The van der Waals surface area contributed by atoms with Gasteiger partial charge in [0.1, 0.15) is 5.01 Å². The lowest BCUT2D eigenvalue weighted by molar-refractivity contribution is -0.115. The van der Waals surface area contributed by atoms with Gasteiger partial charge in [0.05, 0.1) is 6.42 Å². The van der Waals surface area contributed by atoms with E-state index in [2.05, 4.69) is 10.3 Å². The van der Waals surface area contributed by atoms with Gasteiger partial charge in [0, 0.05) is 16.8 Å². The molecule has 16 heavy (non-hydrogen) atoms. The lowest BCUT2D eigenvalue weighted by atomic mass is 10.3. The second-order valence-corrected chi connectivity index (χ2v) is 4.42. The summed E-state index contributed by atoms with van der Waals surface area (Å²) < 4.78 is 0. The van der Waals surface area contributed by atoms with Crippen LogP contribution in [-0.4, -0.2) is 10.9 Å². The Hall–Kier alpha value is -1.68. The molecular formula is C12H12N2OS. The van der Waals surface area contributed by atoms with Gasteiger partial charge in [-0.05, 0) is 19.1 Å². The van der Waals surface area contributed by atoms with Crippen molar-refractivity contribution in [3.8, 4) is 0 Å². The Morgan fingerprint density at radius 2 is 2.12 bits per heavy atom. The number of rotatable bonds is 3. The summed E-state index contributed by atoms with van der Waals surface area (Å²) in [6.45, 7) is 1.93. The normalized spacial score (nSPS) is 10.1. The molecule has 1 N–H and O–H groups in total. The third kappa shape index (κ3) is 2.90. The van der Waals surface area contributed by atoms with Crippen molar-refractivity contribution < 1.29 is 4.79 Å². The highest BCUT2D eigenvalue weighted by molar-refractivity contribution is 7.09. The summed E-state index contributed by atoms with van der Waals surface area (Å²) in [4.78, 5) is 15.9. The average molecular weight is 232 g/mol. The van der Waals surface area contributed by atoms with Gasteiger partial charge in [-0.15, -0.1) is 11.3 Å². The van der Waals surface area contributed by atoms with Crippen LogP contribution in [-0.2, 0) is 11.2 Å². The molecule has 0 bridgehead atoms. The zero-order valence-corrected chi connectivity index (χ0v) is 9.75. The topological polar surface area (TPSA) is 42.0 Å². The number of nitrogens with one attached hydrogen (secondary N) is 1. The van der Waals surface area contributed by atoms with E-state index in [9.17, 15) is 4.79 Å². The number of aromatic nitrogens is 1. The maximum atomic E-state index is 11.6. The lowest BCUT2D eigenvalue weighted by Gasteiger charge is -2.02. The van der Waals surface area contributed by atoms with Crippen LogP contribution in [0.5, 0.6) is 0 Å². The number of thiazole rings is 1. The van der Waals surface area contributed by atoms with E-state index in [0.717, 1.165) is 16.4 Å². The molecule has 0 aliphatic rings. The van der Waals surface area contributed by atoms with Crippen LogP contribution in [0.3, 0.4) is 0 Å². The molecule has 82 valence electrons. The van der Waals surface area contributed by atoms with E-state index in [-0.39, 0.29) is 5.91 Å². The molecule has 0 aliphatic heterocycles. The van der Waals surface area contributed by atoms with Gasteiger partial charge < -0.3 is 5.32 Å². The van der Waals surface area contributed by atoms with Crippen LogP contribution < -0.4 is 5.32 Å². The molecule has 1 aromatic carbocycles. The standard InChI is InChI=1S/C12H12N2OS/c1-9-8-16-12(13-9)7-11(15)14-10-5-3-2-4-6-10/h2-6,8H,7H2,1H3,(H,14,15). The Morgan fingerprint density at radius 3 is 2.75 bits per heavy atom. The van der Waals surface area contributed by atoms with Gasteiger partial charge in [-0.25, -0.2) is 4.98 Å². The van der Waals surface area contributed by atoms with Crippen molar-refractivity contribution in [2.45, 2.75) is 13.3 Å². The molecule has 1 amide bonds. The van der Waals surface area contributed by atoms with E-state index >= 15 is 0 Å². The molecular weight excluding hydrogens is 220 g/mol. The third-order valence-corrected chi connectivity index (χ3v) is 3.00. The fourth-order valence-corrected chi connectivity index (χ4v) is 2.12. The van der Waals surface area contributed by atoms with Crippen LogP contribution in [0.15, 0.2) is 35.7 Å². The minimum absolute atomic E-state index is 0.0273. The van der Waals surface area contributed by atoms with Gasteiger partial charge in [-0.2, -0.15) is 0 Å². The number of hydrogen-bond acceptors (Lipinski definition) is 3. The van der Waals surface area contributed by atoms with Crippen molar-refractivity contribution in [3.63, 3.8) is 0 Å². The van der Waals surface area contributed by atoms with Gasteiger partial charge in [0.25, 0.3) is 0 Å². The molecule has 0 fully saturated rings. The van der Waals surface area contributed by atoms with Crippen LogP contribution in [0.4, 0.5) is 5.69 Å². The van der Waals surface area contributed by atoms with Gasteiger partial charge >= 0.3 is 0 Å². The highest BCUT2D eigenvalue weighted by atomic mass is 32.1. The molecule has 1 aromatic heterocycles. The van der Waals surface area contributed by atoms with Crippen LogP contribution in [0.1, 0.15) is 10.7 Å². The summed E-state index contributed by atoms with van der Waals surface area (Å²) in [5.74, 6) is -0.0273. The number of para-hydroxylation sites is 1. The Balaban J connectivity index is 1.95. The summed E-state index contributed by atoms with van der Waals surface area (Å²) in [5.41, 5.74) is 1.79. The monoisotopic (exact) mass is 232 g/mol. The fourth-order valence-electron chi connectivity index (χ4n) is 1.35. The van der Waals surface area contributed by atoms with Crippen molar-refractivity contribution in [1.29, 1.82) is 0 Å². The summed E-state index contributed by atoms with van der Waals surface area (Å²) in [5, 5.41) is 5.63. The number of anilines is 1. The number of benzene rings is 1. The Kier molecular flexibility index (Phi) is 3.31. The molecule has 0 unspecified atom stereocenters. The minimum Gasteiger partial charge on any atom is -0.326 e. The molecule has 4 heteroatoms.